The average molecular weight is 552 g/mol. The standard InChI is InChI=1S/C28H33N3O3S.2C2H6/c1-30-25(27(32)29-18-19-5-4-6-24(35-3)10-7-19)11-12-26-28(30)34-14-13-31(26)22-15-21(20-8-9-20)16-23(17-22)33-2;2*1-2/h4,6-7,10-12,15-17,20,28H,5,8-9,13-14,18H2,1-3H3,(H,29,32);2*1-2H3. The number of carbonyl (C=O) groups excluding carboxylic acids is 1. The first kappa shape index (κ1) is 30.6. The smallest absolute Gasteiger partial charge is 0.267 e. The van der Waals surface area contributed by atoms with E-state index in [9.17, 15) is 4.79 Å². The molecule has 5 rings (SSSR count). The summed E-state index contributed by atoms with van der Waals surface area (Å²) in [6.07, 6.45) is 17.5. The molecule has 1 aromatic carbocycles. The van der Waals surface area contributed by atoms with Crippen LogP contribution in [0.15, 0.2) is 76.5 Å². The van der Waals surface area contributed by atoms with Crippen molar-refractivity contribution in [2.24, 2.45) is 0 Å². The summed E-state index contributed by atoms with van der Waals surface area (Å²) in [6, 6.07) is 6.52. The Kier molecular flexibility index (Phi) is 11.8. The molecule has 0 aromatic heterocycles. The van der Waals surface area contributed by atoms with Crippen molar-refractivity contribution in [3.63, 3.8) is 0 Å². The SMILES string of the molecule is CC.CC.COc1cc(C2CC2)cc(N2CCOC3C2=CC=C(C(=O)NCC2=CC=C(SC)C=CC2)N3C)c1. The molecule has 0 radical (unpaired) electrons. The van der Waals surface area contributed by atoms with Crippen LogP contribution in [0, 0.1) is 0 Å². The van der Waals surface area contributed by atoms with Crippen molar-refractivity contribution in [3.8, 4) is 5.75 Å². The third kappa shape index (κ3) is 7.61. The molecule has 0 spiro atoms. The van der Waals surface area contributed by atoms with Crippen molar-refractivity contribution >= 4 is 23.4 Å². The Hall–Kier alpha value is -2.90. The second kappa shape index (κ2) is 15.0. The topological polar surface area (TPSA) is 54.0 Å². The minimum Gasteiger partial charge on any atom is -0.497 e. The summed E-state index contributed by atoms with van der Waals surface area (Å²) in [5.74, 6) is 1.43. The predicted octanol–water partition coefficient (Wildman–Crippen LogP) is 6.75. The highest BCUT2D eigenvalue weighted by Crippen LogP contribution is 2.43. The van der Waals surface area contributed by atoms with E-state index in [0.717, 1.165) is 30.1 Å². The molecule has 4 aliphatic rings. The van der Waals surface area contributed by atoms with Crippen molar-refractivity contribution in [1.29, 1.82) is 0 Å². The Morgan fingerprint density at radius 3 is 2.56 bits per heavy atom. The number of ether oxygens (including phenoxy) is 2. The molecule has 7 heteroatoms. The highest BCUT2D eigenvalue weighted by molar-refractivity contribution is 8.02. The molecule has 6 nitrogen and oxygen atoms in total. The van der Waals surface area contributed by atoms with Gasteiger partial charge in [-0.2, -0.15) is 0 Å². The number of nitrogens with one attached hydrogen (secondary N) is 1. The van der Waals surface area contributed by atoms with Gasteiger partial charge in [-0.1, -0.05) is 45.9 Å². The van der Waals surface area contributed by atoms with Crippen LogP contribution in [0.25, 0.3) is 0 Å². The molecule has 2 heterocycles. The zero-order valence-corrected chi connectivity index (χ0v) is 25.4. The summed E-state index contributed by atoms with van der Waals surface area (Å²) in [6.45, 7) is 9.87. The molecule has 212 valence electrons. The molecule has 39 heavy (non-hydrogen) atoms. The summed E-state index contributed by atoms with van der Waals surface area (Å²) in [7, 11) is 3.65. The Labute approximate surface area is 239 Å². The number of benzene rings is 1. The van der Waals surface area contributed by atoms with Crippen LogP contribution in [0.3, 0.4) is 0 Å². The van der Waals surface area contributed by atoms with Gasteiger partial charge in [0.15, 0.2) is 6.23 Å². The number of hydrogen-bond acceptors (Lipinski definition) is 6. The monoisotopic (exact) mass is 551 g/mol. The molecule has 1 saturated carbocycles. The molecule has 1 atom stereocenters. The van der Waals surface area contributed by atoms with Gasteiger partial charge in [-0.3, -0.25) is 4.79 Å². The average Bonchev–Trinajstić information content (AvgIpc) is 3.86. The molecule has 1 unspecified atom stereocenters. The maximum atomic E-state index is 13.1. The number of amides is 1. The molecule has 1 saturated heterocycles. The van der Waals surface area contributed by atoms with E-state index in [0.29, 0.717) is 24.8 Å². The number of allylic oxidation sites excluding steroid dienone is 6. The minimum absolute atomic E-state index is 0.0934. The van der Waals surface area contributed by atoms with Gasteiger partial charge < -0.3 is 24.6 Å². The molecule has 1 N–H and O–H groups in total. The first-order valence-corrected chi connectivity index (χ1v) is 15.4. The van der Waals surface area contributed by atoms with E-state index in [2.05, 4.69) is 59.0 Å². The number of likely N-dealkylation sites (N-methyl/N-ethyl adjacent to an activating group) is 1. The Balaban J connectivity index is 0.00000100. The van der Waals surface area contributed by atoms with Crippen LogP contribution in [0.2, 0.25) is 0 Å². The lowest BCUT2D eigenvalue weighted by molar-refractivity contribution is -0.120. The highest BCUT2D eigenvalue weighted by Gasteiger charge is 2.35. The zero-order chi connectivity index (χ0) is 28.4. The number of rotatable bonds is 7. The number of methoxy groups -OCH3 is 1. The lowest BCUT2D eigenvalue weighted by atomic mass is 10.1. The van der Waals surface area contributed by atoms with Gasteiger partial charge in [0.2, 0.25) is 0 Å². The Morgan fingerprint density at radius 2 is 1.87 bits per heavy atom. The first-order valence-electron chi connectivity index (χ1n) is 14.2. The number of carbonyl (C=O) groups is 1. The van der Waals surface area contributed by atoms with Crippen molar-refractivity contribution in [1.82, 2.24) is 10.2 Å². The number of fused-ring (bicyclic) bond motifs is 1. The Morgan fingerprint density at radius 1 is 1.10 bits per heavy atom. The van der Waals surface area contributed by atoms with Crippen molar-refractivity contribution < 1.29 is 14.3 Å². The van der Waals surface area contributed by atoms with Gasteiger partial charge in [0.05, 0.1) is 19.4 Å². The first-order chi connectivity index (χ1) is 19.1. The van der Waals surface area contributed by atoms with Crippen LogP contribution in [0.5, 0.6) is 5.75 Å². The summed E-state index contributed by atoms with van der Waals surface area (Å²) in [5, 5.41) is 3.09. The van der Waals surface area contributed by atoms with E-state index in [4.69, 9.17) is 9.47 Å². The van der Waals surface area contributed by atoms with Crippen molar-refractivity contribution in [2.45, 2.75) is 59.1 Å². The van der Waals surface area contributed by atoms with Crippen LogP contribution in [-0.2, 0) is 9.53 Å². The van der Waals surface area contributed by atoms with Crippen molar-refractivity contribution in [3.05, 3.63) is 82.1 Å². The van der Waals surface area contributed by atoms with E-state index in [1.54, 1.807) is 18.9 Å². The van der Waals surface area contributed by atoms with Crippen LogP contribution < -0.4 is 15.0 Å². The van der Waals surface area contributed by atoms with Crippen LogP contribution in [0.1, 0.15) is 58.4 Å². The third-order valence-corrected chi connectivity index (χ3v) is 7.64. The van der Waals surface area contributed by atoms with E-state index in [-0.39, 0.29) is 12.1 Å². The van der Waals surface area contributed by atoms with Gasteiger partial charge in [-0.25, -0.2) is 0 Å². The number of hydrogen-bond donors (Lipinski definition) is 1. The van der Waals surface area contributed by atoms with Crippen LogP contribution in [-0.4, -0.2) is 57.1 Å². The van der Waals surface area contributed by atoms with E-state index in [1.807, 2.05) is 51.8 Å². The van der Waals surface area contributed by atoms with Gasteiger partial charge in [-0.15, -0.1) is 11.8 Å². The number of morpholine rings is 1. The summed E-state index contributed by atoms with van der Waals surface area (Å²) >= 11 is 1.72. The summed E-state index contributed by atoms with van der Waals surface area (Å²) in [4.78, 5) is 18.5. The van der Waals surface area contributed by atoms with Crippen LogP contribution in [0.4, 0.5) is 5.69 Å². The van der Waals surface area contributed by atoms with Crippen molar-refractivity contribution in [2.75, 3.05) is 45.0 Å². The second-order valence-electron chi connectivity index (χ2n) is 9.26. The molecule has 2 aliphatic carbocycles. The van der Waals surface area contributed by atoms with E-state index < -0.39 is 0 Å². The summed E-state index contributed by atoms with van der Waals surface area (Å²) in [5.41, 5.74) is 5.28. The van der Waals surface area contributed by atoms with E-state index in [1.165, 1.54) is 28.9 Å². The van der Waals surface area contributed by atoms with E-state index >= 15 is 0 Å². The fraction of sp³-hybridized carbons (Fsp3) is 0.469. The van der Waals surface area contributed by atoms with Gasteiger partial charge in [0, 0.05) is 36.8 Å². The molecular formula is C32H45N3O3S. The molecular weight excluding hydrogens is 506 g/mol. The summed E-state index contributed by atoms with van der Waals surface area (Å²) < 4.78 is 11.7. The van der Waals surface area contributed by atoms with Gasteiger partial charge in [0.1, 0.15) is 11.4 Å². The molecule has 1 amide bonds. The predicted molar refractivity (Wildman–Crippen MR) is 165 cm³/mol. The maximum absolute atomic E-state index is 13.1. The lowest BCUT2D eigenvalue weighted by Gasteiger charge is -2.43. The minimum atomic E-state index is -0.308. The molecule has 2 fully saturated rings. The Bertz CT molecular complexity index is 1150. The largest absolute Gasteiger partial charge is 0.497 e. The number of nitrogens with zero attached hydrogens (tertiary/aromatic N) is 2. The number of thioether (sulfide) groups is 1. The fourth-order valence-electron chi connectivity index (χ4n) is 4.74. The number of anilines is 1. The second-order valence-corrected chi connectivity index (χ2v) is 10.1. The fourth-order valence-corrected chi connectivity index (χ4v) is 5.18. The van der Waals surface area contributed by atoms with Gasteiger partial charge in [0.25, 0.3) is 5.91 Å². The molecule has 1 aromatic rings. The molecule has 2 aliphatic heterocycles. The van der Waals surface area contributed by atoms with Gasteiger partial charge >= 0.3 is 0 Å². The third-order valence-electron chi connectivity index (χ3n) is 6.90. The highest BCUT2D eigenvalue weighted by atomic mass is 32.2. The van der Waals surface area contributed by atoms with Crippen LogP contribution >= 0.6 is 11.8 Å². The quantitative estimate of drug-likeness (QED) is 0.405. The normalized spacial score (nSPS) is 19.9. The zero-order valence-electron chi connectivity index (χ0n) is 24.6. The molecule has 0 bridgehead atoms. The van der Waals surface area contributed by atoms with Gasteiger partial charge in [-0.05, 0) is 72.9 Å². The lowest BCUT2D eigenvalue weighted by Crippen LogP contribution is -2.51. The maximum Gasteiger partial charge on any atom is 0.267 e.